The summed E-state index contributed by atoms with van der Waals surface area (Å²) in [5.41, 5.74) is 1.80. The average Bonchev–Trinajstić information content (AvgIpc) is 3.09. The second-order valence-electron chi connectivity index (χ2n) is 6.53. The number of benzene rings is 2. The van der Waals surface area contributed by atoms with Crippen LogP contribution in [0.2, 0.25) is 0 Å². The normalized spacial score (nSPS) is 11.5. The fourth-order valence-corrected chi connectivity index (χ4v) is 3.12. The third kappa shape index (κ3) is 3.07. The Labute approximate surface area is 160 Å². The van der Waals surface area contributed by atoms with Gasteiger partial charge in [-0.3, -0.25) is 18.5 Å². The second-order valence-corrected chi connectivity index (χ2v) is 6.53. The Kier molecular flexibility index (Phi) is 4.49. The fraction of sp³-hybridized carbons (Fsp3) is 0.143. The van der Waals surface area contributed by atoms with E-state index < -0.39 is 5.69 Å². The highest BCUT2D eigenvalue weighted by Crippen LogP contribution is 2.20. The molecule has 4 rings (SSSR count). The van der Waals surface area contributed by atoms with Crippen molar-refractivity contribution in [2.75, 3.05) is 0 Å². The van der Waals surface area contributed by atoms with Crippen molar-refractivity contribution in [2.24, 2.45) is 19.1 Å². The van der Waals surface area contributed by atoms with Crippen molar-refractivity contribution in [3.63, 3.8) is 0 Å². The summed E-state index contributed by atoms with van der Waals surface area (Å²) < 4.78 is 4.22. The van der Waals surface area contributed by atoms with Crippen molar-refractivity contribution in [1.29, 1.82) is 0 Å². The molecule has 2 aromatic heterocycles. The third-order valence-electron chi connectivity index (χ3n) is 4.64. The molecule has 0 fully saturated rings. The Morgan fingerprint density at radius 3 is 2.25 bits per heavy atom. The number of rotatable bonds is 4. The molecule has 28 heavy (non-hydrogen) atoms. The molecule has 4 aromatic rings. The zero-order valence-electron chi connectivity index (χ0n) is 15.6. The maximum atomic E-state index is 12.8. The zero-order chi connectivity index (χ0) is 19.7. The van der Waals surface area contributed by atoms with Gasteiger partial charge in [0.25, 0.3) is 5.56 Å². The highest BCUT2D eigenvalue weighted by atomic mass is 16.2. The summed E-state index contributed by atoms with van der Waals surface area (Å²) in [5, 5.41) is 0. The van der Waals surface area contributed by atoms with Gasteiger partial charge in [-0.2, -0.15) is 4.98 Å². The molecule has 0 spiro atoms. The number of aliphatic imine (C=N–C) groups is 1. The predicted octanol–water partition coefficient (Wildman–Crippen LogP) is 2.23. The van der Waals surface area contributed by atoms with Crippen molar-refractivity contribution in [3.8, 4) is 0 Å². The summed E-state index contributed by atoms with van der Waals surface area (Å²) in [6.45, 7) is 0.423. The van der Waals surface area contributed by atoms with Gasteiger partial charge in [0.2, 0.25) is 5.95 Å². The molecule has 7 heteroatoms. The van der Waals surface area contributed by atoms with E-state index in [1.54, 1.807) is 17.8 Å². The lowest BCUT2D eigenvalue weighted by Crippen LogP contribution is -2.37. The molecule has 0 saturated carbocycles. The van der Waals surface area contributed by atoms with Crippen LogP contribution in [0.4, 0.5) is 5.95 Å². The van der Waals surface area contributed by atoms with E-state index in [9.17, 15) is 9.59 Å². The Morgan fingerprint density at radius 1 is 0.929 bits per heavy atom. The topological polar surface area (TPSA) is 74.2 Å². The van der Waals surface area contributed by atoms with E-state index in [-0.39, 0.29) is 5.56 Å². The fourth-order valence-electron chi connectivity index (χ4n) is 3.12. The Bertz CT molecular complexity index is 1280. The summed E-state index contributed by atoms with van der Waals surface area (Å²) >= 11 is 0. The molecule has 0 unspecified atom stereocenters. The van der Waals surface area contributed by atoms with Gasteiger partial charge in [-0.25, -0.2) is 9.79 Å². The van der Waals surface area contributed by atoms with Crippen molar-refractivity contribution in [3.05, 3.63) is 92.6 Å². The summed E-state index contributed by atoms with van der Waals surface area (Å²) in [6, 6.07) is 19.4. The summed E-state index contributed by atoms with van der Waals surface area (Å²) in [4.78, 5) is 34.2. The summed E-state index contributed by atoms with van der Waals surface area (Å²) in [5.74, 6) is 0.376. The first-order chi connectivity index (χ1) is 13.6. The summed E-state index contributed by atoms with van der Waals surface area (Å²) in [6.07, 6.45) is 1.70. The molecule has 0 atom stereocenters. The van der Waals surface area contributed by atoms with Gasteiger partial charge in [-0.05, 0) is 11.1 Å². The molecule has 7 nitrogen and oxygen atoms in total. The van der Waals surface area contributed by atoms with Gasteiger partial charge >= 0.3 is 5.69 Å². The first kappa shape index (κ1) is 17.7. The summed E-state index contributed by atoms with van der Waals surface area (Å²) in [7, 11) is 3.07. The highest BCUT2D eigenvalue weighted by Gasteiger charge is 2.18. The van der Waals surface area contributed by atoms with Gasteiger partial charge in [-0.1, -0.05) is 60.7 Å². The van der Waals surface area contributed by atoms with Crippen LogP contribution in [0, 0.1) is 0 Å². The molecule has 0 aliphatic carbocycles. The SMILES string of the molecule is Cn1c(=O)c2c(nc(/N=C/c3ccccc3)n2Cc2ccccc2)n(C)c1=O. The maximum absolute atomic E-state index is 12.8. The minimum absolute atomic E-state index is 0.323. The van der Waals surface area contributed by atoms with Gasteiger partial charge in [-0.15, -0.1) is 0 Å². The van der Waals surface area contributed by atoms with Gasteiger partial charge < -0.3 is 0 Å². The van der Waals surface area contributed by atoms with Crippen LogP contribution in [-0.2, 0) is 20.6 Å². The Hall–Kier alpha value is -3.74. The minimum atomic E-state index is -0.416. The molecule has 0 N–H and O–H groups in total. The van der Waals surface area contributed by atoms with E-state index in [4.69, 9.17) is 0 Å². The molecule has 140 valence electrons. The van der Waals surface area contributed by atoms with Gasteiger partial charge in [0.1, 0.15) is 0 Å². The van der Waals surface area contributed by atoms with Gasteiger partial charge in [0, 0.05) is 20.3 Å². The third-order valence-corrected chi connectivity index (χ3v) is 4.64. The first-order valence-corrected chi connectivity index (χ1v) is 8.85. The largest absolute Gasteiger partial charge is 0.332 e. The predicted molar refractivity (Wildman–Crippen MR) is 109 cm³/mol. The highest BCUT2D eigenvalue weighted by molar-refractivity contribution is 5.82. The molecule has 0 aliphatic heterocycles. The van der Waals surface area contributed by atoms with Gasteiger partial charge in [0.05, 0.1) is 6.54 Å². The lowest BCUT2D eigenvalue weighted by atomic mass is 10.2. The van der Waals surface area contributed by atoms with E-state index in [2.05, 4.69) is 9.98 Å². The van der Waals surface area contributed by atoms with Crippen LogP contribution in [0.3, 0.4) is 0 Å². The second kappa shape index (κ2) is 7.11. The van der Waals surface area contributed by atoms with E-state index in [0.29, 0.717) is 23.7 Å². The van der Waals surface area contributed by atoms with E-state index >= 15 is 0 Å². The van der Waals surface area contributed by atoms with Gasteiger partial charge in [0.15, 0.2) is 11.2 Å². The minimum Gasteiger partial charge on any atom is -0.298 e. The maximum Gasteiger partial charge on any atom is 0.332 e. The molecule has 2 heterocycles. The lowest BCUT2D eigenvalue weighted by Gasteiger charge is -2.08. The van der Waals surface area contributed by atoms with E-state index in [1.807, 2.05) is 60.7 Å². The number of hydrogen-bond acceptors (Lipinski definition) is 4. The molecule has 0 aliphatic rings. The number of aryl methyl sites for hydroxylation is 1. The zero-order valence-corrected chi connectivity index (χ0v) is 15.6. The van der Waals surface area contributed by atoms with Crippen molar-refractivity contribution in [1.82, 2.24) is 18.7 Å². The quantitative estimate of drug-likeness (QED) is 0.515. The standard InChI is InChI=1S/C21H19N5O2/c1-24-18-17(19(27)25(2)21(24)28)26(14-16-11-7-4-8-12-16)20(23-18)22-13-15-9-5-3-6-10-15/h3-13H,14H2,1-2H3/b22-13+. The molecular weight excluding hydrogens is 354 g/mol. The number of nitrogens with zero attached hydrogens (tertiary/aromatic N) is 5. The molecule has 0 radical (unpaired) electrons. The van der Waals surface area contributed by atoms with Crippen LogP contribution in [0.1, 0.15) is 11.1 Å². The van der Waals surface area contributed by atoms with Crippen LogP contribution < -0.4 is 11.2 Å². The number of aromatic nitrogens is 4. The number of fused-ring (bicyclic) bond motifs is 1. The number of hydrogen-bond donors (Lipinski definition) is 0. The molecule has 0 saturated heterocycles. The van der Waals surface area contributed by atoms with Crippen LogP contribution >= 0.6 is 0 Å². The lowest BCUT2D eigenvalue weighted by molar-refractivity contribution is 0.702. The van der Waals surface area contributed by atoms with Crippen LogP contribution in [0.25, 0.3) is 11.2 Å². The molecule has 2 aromatic carbocycles. The number of imidazole rings is 1. The Balaban J connectivity index is 1.95. The molecule has 0 bridgehead atoms. The Morgan fingerprint density at radius 2 is 1.57 bits per heavy atom. The van der Waals surface area contributed by atoms with E-state index in [0.717, 1.165) is 15.7 Å². The van der Waals surface area contributed by atoms with Crippen LogP contribution in [0.15, 0.2) is 75.2 Å². The average molecular weight is 373 g/mol. The van der Waals surface area contributed by atoms with E-state index in [1.165, 1.54) is 11.6 Å². The first-order valence-electron chi connectivity index (χ1n) is 8.85. The van der Waals surface area contributed by atoms with Crippen LogP contribution in [0.5, 0.6) is 0 Å². The van der Waals surface area contributed by atoms with Crippen molar-refractivity contribution >= 4 is 23.3 Å². The van der Waals surface area contributed by atoms with Crippen molar-refractivity contribution < 1.29 is 0 Å². The van der Waals surface area contributed by atoms with Crippen molar-refractivity contribution in [2.45, 2.75) is 6.54 Å². The monoisotopic (exact) mass is 373 g/mol. The molecular formula is C21H19N5O2. The smallest absolute Gasteiger partial charge is 0.298 e. The van der Waals surface area contributed by atoms with Crippen LogP contribution in [-0.4, -0.2) is 24.9 Å². The molecule has 0 amide bonds.